The first-order valence-corrected chi connectivity index (χ1v) is 9.93. The van der Waals surface area contributed by atoms with E-state index in [1.165, 1.54) is 24.1 Å². The lowest BCUT2D eigenvalue weighted by Crippen LogP contribution is -2.50. The van der Waals surface area contributed by atoms with Crippen molar-refractivity contribution in [3.63, 3.8) is 0 Å². The summed E-state index contributed by atoms with van der Waals surface area (Å²) in [6.07, 6.45) is 3.45. The lowest BCUT2D eigenvalue weighted by Gasteiger charge is -2.42. The molecule has 5 nitrogen and oxygen atoms in total. The Bertz CT molecular complexity index is 770. The normalized spacial score (nSPS) is 20.6. The molecule has 1 saturated heterocycles. The molecule has 1 aromatic rings. The summed E-state index contributed by atoms with van der Waals surface area (Å²) in [5.41, 5.74) is 3.34. The summed E-state index contributed by atoms with van der Waals surface area (Å²) in [7, 11) is 2.10. The first kappa shape index (κ1) is 17.9. The Hall–Kier alpha value is -2.45. The van der Waals surface area contributed by atoms with Gasteiger partial charge in [0.2, 0.25) is 0 Å². The smallest absolute Gasteiger partial charge is 0.254 e. The first-order valence-electron chi connectivity index (χ1n) is 9.93. The maximum absolute atomic E-state index is 13.1. The third kappa shape index (κ3) is 4.12. The van der Waals surface area contributed by atoms with Crippen molar-refractivity contribution in [1.82, 2.24) is 19.6 Å². The molecule has 0 N–H and O–H groups in total. The summed E-state index contributed by atoms with van der Waals surface area (Å²) in [4.78, 5) is 21.8. The Morgan fingerprint density at radius 1 is 1.07 bits per heavy atom. The summed E-state index contributed by atoms with van der Waals surface area (Å²) in [6, 6.07) is 13.5. The fourth-order valence-corrected chi connectivity index (χ4v) is 4.17. The maximum atomic E-state index is 13.1. The summed E-state index contributed by atoms with van der Waals surface area (Å²) in [5, 5.41) is 0. The molecule has 0 spiro atoms. The van der Waals surface area contributed by atoms with Crippen molar-refractivity contribution < 1.29 is 4.79 Å². The molecular formula is C22H28N4O. The van der Waals surface area contributed by atoms with E-state index in [0.717, 1.165) is 38.2 Å². The number of nitrogens with zero attached hydrogens (tertiary/aromatic N) is 4. The third-order valence-electron chi connectivity index (χ3n) is 5.65. The molecule has 0 saturated carbocycles. The Kier molecular flexibility index (Phi) is 5.35. The molecule has 1 aromatic carbocycles. The number of carbonyl (C=O) groups excluding carboxylic acids is 1. The van der Waals surface area contributed by atoms with E-state index >= 15 is 0 Å². The molecule has 0 bridgehead atoms. The second kappa shape index (κ2) is 8.06. The van der Waals surface area contributed by atoms with Crippen LogP contribution in [0.4, 0.5) is 0 Å². The van der Waals surface area contributed by atoms with Gasteiger partial charge < -0.3 is 14.7 Å². The van der Waals surface area contributed by atoms with Gasteiger partial charge in [-0.1, -0.05) is 36.3 Å². The van der Waals surface area contributed by atoms with E-state index in [2.05, 4.69) is 45.8 Å². The van der Waals surface area contributed by atoms with Crippen molar-refractivity contribution in [3.05, 3.63) is 47.2 Å². The molecule has 142 valence electrons. The fourth-order valence-electron chi connectivity index (χ4n) is 4.17. The Morgan fingerprint density at radius 3 is 2.63 bits per heavy atom. The van der Waals surface area contributed by atoms with Crippen molar-refractivity contribution in [2.45, 2.75) is 25.8 Å². The van der Waals surface area contributed by atoms with Crippen LogP contribution < -0.4 is 0 Å². The number of benzene rings is 1. The molecule has 1 amide bonds. The monoisotopic (exact) mass is 364 g/mol. The molecule has 4 rings (SSSR count). The van der Waals surface area contributed by atoms with Crippen LogP contribution in [0, 0.1) is 12.0 Å². The van der Waals surface area contributed by atoms with Crippen molar-refractivity contribution in [3.8, 4) is 12.0 Å². The van der Waals surface area contributed by atoms with Crippen LogP contribution in [-0.4, -0.2) is 71.9 Å². The first-order chi connectivity index (χ1) is 13.2. The SMILES string of the molecule is CN1CN(Cc2ccccc2)C(=O)C2=C1CCN(CC#CN1CCCC1)C2. The summed E-state index contributed by atoms with van der Waals surface area (Å²) < 4.78 is 0. The van der Waals surface area contributed by atoms with Crippen molar-refractivity contribution >= 4 is 5.91 Å². The number of hydrogen-bond donors (Lipinski definition) is 0. The van der Waals surface area contributed by atoms with Crippen molar-refractivity contribution in [1.29, 1.82) is 0 Å². The van der Waals surface area contributed by atoms with Gasteiger partial charge in [0.15, 0.2) is 0 Å². The van der Waals surface area contributed by atoms with Crippen LogP contribution in [0.2, 0.25) is 0 Å². The zero-order chi connectivity index (χ0) is 18.6. The molecule has 0 unspecified atom stereocenters. The lowest BCUT2D eigenvalue weighted by molar-refractivity contribution is -0.131. The van der Waals surface area contributed by atoms with E-state index in [1.54, 1.807) is 0 Å². The molecule has 3 aliphatic rings. The topological polar surface area (TPSA) is 30.0 Å². The number of likely N-dealkylation sites (tertiary alicyclic amines) is 1. The maximum Gasteiger partial charge on any atom is 0.254 e. The van der Waals surface area contributed by atoms with Gasteiger partial charge in [-0.2, -0.15) is 0 Å². The van der Waals surface area contributed by atoms with Crippen LogP contribution in [0.25, 0.3) is 0 Å². The van der Waals surface area contributed by atoms with Crippen LogP contribution in [0.1, 0.15) is 24.8 Å². The summed E-state index contributed by atoms with van der Waals surface area (Å²) >= 11 is 0. The van der Waals surface area contributed by atoms with Crippen LogP contribution in [0.15, 0.2) is 41.6 Å². The van der Waals surface area contributed by atoms with Gasteiger partial charge in [-0.05, 0) is 18.4 Å². The van der Waals surface area contributed by atoms with Gasteiger partial charge in [0.05, 0.1) is 18.8 Å². The largest absolute Gasteiger partial charge is 0.360 e. The minimum atomic E-state index is 0.184. The second-order valence-corrected chi connectivity index (χ2v) is 7.70. The molecule has 0 atom stereocenters. The molecule has 27 heavy (non-hydrogen) atoms. The second-order valence-electron chi connectivity index (χ2n) is 7.70. The third-order valence-corrected chi connectivity index (χ3v) is 5.65. The number of carbonyl (C=O) groups is 1. The zero-order valence-electron chi connectivity index (χ0n) is 16.2. The van der Waals surface area contributed by atoms with Gasteiger partial charge in [0, 0.05) is 57.9 Å². The molecule has 0 aliphatic carbocycles. The van der Waals surface area contributed by atoms with Crippen LogP contribution in [0.5, 0.6) is 0 Å². The standard InChI is InChI=1S/C22H28N4O/c1-23-18-26(16-19-8-3-2-4-9-19)22(27)20-17-25(15-10-21(20)23)14-7-13-24-11-5-6-12-24/h2-4,8-9H,5-6,10-12,14-18H2,1H3. The predicted octanol–water partition coefficient (Wildman–Crippen LogP) is 1.93. The van der Waals surface area contributed by atoms with E-state index in [1.807, 2.05) is 23.1 Å². The Labute approximate surface area is 162 Å². The Morgan fingerprint density at radius 2 is 1.85 bits per heavy atom. The molecule has 0 radical (unpaired) electrons. The van der Waals surface area contributed by atoms with Gasteiger partial charge >= 0.3 is 0 Å². The van der Waals surface area contributed by atoms with E-state index in [9.17, 15) is 4.79 Å². The van der Waals surface area contributed by atoms with Crippen molar-refractivity contribution in [2.75, 3.05) is 46.4 Å². The van der Waals surface area contributed by atoms with Gasteiger partial charge in [0.25, 0.3) is 5.91 Å². The van der Waals surface area contributed by atoms with Gasteiger partial charge in [-0.15, -0.1) is 0 Å². The van der Waals surface area contributed by atoms with Gasteiger partial charge in [-0.3, -0.25) is 9.69 Å². The molecule has 3 heterocycles. The molecule has 3 aliphatic heterocycles. The predicted molar refractivity (Wildman–Crippen MR) is 106 cm³/mol. The lowest BCUT2D eigenvalue weighted by atomic mass is 10.0. The number of amides is 1. The van der Waals surface area contributed by atoms with E-state index in [0.29, 0.717) is 19.8 Å². The van der Waals surface area contributed by atoms with Crippen LogP contribution in [-0.2, 0) is 11.3 Å². The van der Waals surface area contributed by atoms with Crippen molar-refractivity contribution in [2.24, 2.45) is 0 Å². The molecular weight excluding hydrogens is 336 g/mol. The van der Waals surface area contributed by atoms with E-state index in [-0.39, 0.29) is 5.91 Å². The number of rotatable bonds is 3. The van der Waals surface area contributed by atoms with E-state index in [4.69, 9.17) is 0 Å². The molecule has 5 heteroatoms. The zero-order valence-corrected chi connectivity index (χ0v) is 16.2. The highest BCUT2D eigenvalue weighted by Crippen LogP contribution is 2.27. The minimum absolute atomic E-state index is 0.184. The van der Waals surface area contributed by atoms with Crippen LogP contribution >= 0.6 is 0 Å². The fraction of sp³-hybridized carbons (Fsp3) is 0.500. The highest BCUT2D eigenvalue weighted by Gasteiger charge is 2.33. The minimum Gasteiger partial charge on any atom is -0.360 e. The van der Waals surface area contributed by atoms with E-state index < -0.39 is 0 Å². The summed E-state index contributed by atoms with van der Waals surface area (Å²) in [5.74, 6) is 3.49. The quantitative estimate of drug-likeness (QED) is 0.767. The molecule has 0 aromatic heterocycles. The molecule has 1 fully saturated rings. The Balaban J connectivity index is 1.42. The number of hydrogen-bond acceptors (Lipinski definition) is 4. The highest BCUT2D eigenvalue weighted by molar-refractivity contribution is 5.95. The summed E-state index contributed by atoms with van der Waals surface area (Å²) in [6.45, 7) is 5.95. The van der Waals surface area contributed by atoms with Gasteiger partial charge in [0.1, 0.15) is 0 Å². The van der Waals surface area contributed by atoms with Gasteiger partial charge in [-0.25, -0.2) is 0 Å². The highest BCUT2D eigenvalue weighted by atomic mass is 16.2. The van der Waals surface area contributed by atoms with Crippen LogP contribution in [0.3, 0.4) is 0 Å². The average Bonchev–Trinajstić information content (AvgIpc) is 3.20. The average molecular weight is 364 g/mol.